The molecular formula is C11H15BrN2O. The molecule has 0 aliphatic carbocycles. The maximum Gasteiger partial charge on any atom is 0.129 e. The number of aromatic nitrogens is 1. The van der Waals surface area contributed by atoms with E-state index in [9.17, 15) is 0 Å². The van der Waals surface area contributed by atoms with E-state index in [0.29, 0.717) is 6.04 Å². The zero-order chi connectivity index (χ0) is 10.7. The summed E-state index contributed by atoms with van der Waals surface area (Å²) in [7, 11) is 2.10. The predicted molar refractivity (Wildman–Crippen MR) is 64.2 cm³/mol. The highest BCUT2D eigenvalue weighted by Crippen LogP contribution is 2.20. The molecule has 0 N–H and O–H groups in total. The van der Waals surface area contributed by atoms with Crippen LogP contribution in [0.15, 0.2) is 22.8 Å². The number of hydrogen-bond acceptors (Lipinski definition) is 3. The van der Waals surface area contributed by atoms with E-state index in [4.69, 9.17) is 4.74 Å². The quantitative estimate of drug-likeness (QED) is 0.773. The molecule has 1 aromatic heterocycles. The van der Waals surface area contributed by atoms with Gasteiger partial charge in [0.25, 0.3) is 0 Å². The Labute approximate surface area is 98.6 Å². The van der Waals surface area contributed by atoms with Gasteiger partial charge in [-0.2, -0.15) is 0 Å². The molecule has 4 heteroatoms. The van der Waals surface area contributed by atoms with Crippen LogP contribution in [0.4, 0.5) is 5.82 Å². The van der Waals surface area contributed by atoms with E-state index in [0.717, 1.165) is 36.5 Å². The Balaban J connectivity index is 2.08. The summed E-state index contributed by atoms with van der Waals surface area (Å²) < 4.78 is 6.24. The first-order chi connectivity index (χ1) is 7.27. The Bertz CT molecular complexity index is 326. The SMILES string of the molecule is CN(c1cccc(Br)n1)C1CCOCC1. The summed E-state index contributed by atoms with van der Waals surface area (Å²) in [4.78, 5) is 6.69. The molecule has 0 saturated carbocycles. The van der Waals surface area contributed by atoms with Crippen LogP contribution in [-0.2, 0) is 4.74 Å². The summed E-state index contributed by atoms with van der Waals surface area (Å²) in [6.45, 7) is 1.73. The zero-order valence-corrected chi connectivity index (χ0v) is 10.4. The molecule has 0 unspecified atom stereocenters. The van der Waals surface area contributed by atoms with Crippen molar-refractivity contribution in [3.8, 4) is 0 Å². The lowest BCUT2D eigenvalue weighted by Gasteiger charge is -2.32. The summed E-state index contributed by atoms with van der Waals surface area (Å²) >= 11 is 3.39. The summed E-state index contributed by atoms with van der Waals surface area (Å²) in [5, 5.41) is 0. The fourth-order valence-corrected chi connectivity index (χ4v) is 2.19. The van der Waals surface area contributed by atoms with Gasteiger partial charge in [0.1, 0.15) is 10.4 Å². The Morgan fingerprint density at radius 3 is 2.80 bits per heavy atom. The lowest BCUT2D eigenvalue weighted by Crippen LogP contribution is -2.37. The van der Waals surface area contributed by atoms with Gasteiger partial charge in [-0.1, -0.05) is 6.07 Å². The lowest BCUT2D eigenvalue weighted by molar-refractivity contribution is 0.0853. The molecule has 1 saturated heterocycles. The molecule has 1 aliphatic heterocycles. The monoisotopic (exact) mass is 270 g/mol. The lowest BCUT2D eigenvalue weighted by atomic mass is 10.1. The van der Waals surface area contributed by atoms with Crippen LogP contribution in [0.5, 0.6) is 0 Å². The summed E-state index contributed by atoms with van der Waals surface area (Å²) in [5.74, 6) is 1.02. The van der Waals surface area contributed by atoms with Gasteiger partial charge in [-0.15, -0.1) is 0 Å². The minimum Gasteiger partial charge on any atom is -0.381 e. The van der Waals surface area contributed by atoms with Crippen LogP contribution in [0.3, 0.4) is 0 Å². The molecule has 1 fully saturated rings. The van der Waals surface area contributed by atoms with E-state index < -0.39 is 0 Å². The van der Waals surface area contributed by atoms with Crippen molar-refractivity contribution in [2.45, 2.75) is 18.9 Å². The number of anilines is 1. The van der Waals surface area contributed by atoms with Gasteiger partial charge in [0.2, 0.25) is 0 Å². The van der Waals surface area contributed by atoms with Crippen LogP contribution in [0.25, 0.3) is 0 Å². The van der Waals surface area contributed by atoms with Crippen molar-refractivity contribution in [3.63, 3.8) is 0 Å². The predicted octanol–water partition coefficient (Wildman–Crippen LogP) is 2.46. The highest BCUT2D eigenvalue weighted by Gasteiger charge is 2.19. The standard InChI is InChI=1S/C11H15BrN2O/c1-14(9-5-7-15-8-6-9)11-4-2-3-10(12)13-11/h2-4,9H,5-8H2,1H3. The van der Waals surface area contributed by atoms with Crippen LogP contribution < -0.4 is 4.90 Å². The number of ether oxygens (including phenoxy) is 1. The molecule has 1 aliphatic rings. The van der Waals surface area contributed by atoms with Gasteiger partial charge in [-0.05, 0) is 40.9 Å². The molecule has 3 nitrogen and oxygen atoms in total. The molecule has 0 atom stereocenters. The third kappa shape index (κ3) is 2.69. The fourth-order valence-electron chi connectivity index (χ4n) is 1.85. The Morgan fingerprint density at radius 2 is 2.13 bits per heavy atom. The average Bonchev–Trinajstić information content (AvgIpc) is 2.29. The molecule has 0 radical (unpaired) electrons. The van der Waals surface area contributed by atoms with Crippen molar-refractivity contribution in [3.05, 3.63) is 22.8 Å². The Kier molecular flexibility index (Phi) is 3.59. The molecule has 0 bridgehead atoms. The second kappa shape index (κ2) is 4.94. The van der Waals surface area contributed by atoms with E-state index in [2.05, 4.69) is 32.9 Å². The van der Waals surface area contributed by atoms with Crippen LogP contribution >= 0.6 is 15.9 Å². The molecule has 1 aromatic rings. The van der Waals surface area contributed by atoms with Gasteiger partial charge in [-0.3, -0.25) is 0 Å². The van der Waals surface area contributed by atoms with Gasteiger partial charge in [0.15, 0.2) is 0 Å². The molecule has 0 amide bonds. The maximum absolute atomic E-state index is 5.35. The van der Waals surface area contributed by atoms with Crippen LogP contribution in [0, 0.1) is 0 Å². The first kappa shape index (κ1) is 10.9. The van der Waals surface area contributed by atoms with Crippen molar-refractivity contribution < 1.29 is 4.74 Å². The van der Waals surface area contributed by atoms with Gasteiger partial charge in [-0.25, -0.2) is 4.98 Å². The second-order valence-electron chi connectivity index (χ2n) is 3.77. The van der Waals surface area contributed by atoms with E-state index in [-0.39, 0.29) is 0 Å². The third-order valence-corrected chi connectivity index (χ3v) is 3.24. The maximum atomic E-state index is 5.35. The van der Waals surface area contributed by atoms with E-state index in [1.54, 1.807) is 0 Å². The van der Waals surface area contributed by atoms with Crippen molar-refractivity contribution in [2.75, 3.05) is 25.2 Å². The molecular weight excluding hydrogens is 256 g/mol. The molecule has 2 rings (SSSR count). The van der Waals surface area contributed by atoms with Crippen LogP contribution in [-0.4, -0.2) is 31.3 Å². The minimum atomic E-state index is 0.556. The molecule has 0 aromatic carbocycles. The molecule has 15 heavy (non-hydrogen) atoms. The van der Waals surface area contributed by atoms with E-state index in [1.807, 2.05) is 18.2 Å². The van der Waals surface area contributed by atoms with Crippen molar-refractivity contribution >= 4 is 21.7 Å². The smallest absolute Gasteiger partial charge is 0.129 e. The first-order valence-electron chi connectivity index (χ1n) is 5.20. The van der Waals surface area contributed by atoms with Crippen molar-refractivity contribution in [2.24, 2.45) is 0 Å². The van der Waals surface area contributed by atoms with Gasteiger partial charge in [0.05, 0.1) is 0 Å². The number of hydrogen-bond donors (Lipinski definition) is 0. The highest BCUT2D eigenvalue weighted by molar-refractivity contribution is 9.10. The number of pyridine rings is 1. The fraction of sp³-hybridized carbons (Fsp3) is 0.545. The van der Waals surface area contributed by atoms with Gasteiger partial charge in [0, 0.05) is 26.3 Å². The largest absolute Gasteiger partial charge is 0.381 e. The summed E-state index contributed by atoms with van der Waals surface area (Å²) in [6.07, 6.45) is 2.18. The first-order valence-corrected chi connectivity index (χ1v) is 6.00. The van der Waals surface area contributed by atoms with Crippen LogP contribution in [0.2, 0.25) is 0 Å². The molecule has 2 heterocycles. The zero-order valence-electron chi connectivity index (χ0n) is 8.82. The average molecular weight is 271 g/mol. The Morgan fingerprint density at radius 1 is 1.40 bits per heavy atom. The Hall–Kier alpha value is -0.610. The normalized spacial score (nSPS) is 17.7. The number of rotatable bonds is 2. The van der Waals surface area contributed by atoms with E-state index in [1.165, 1.54) is 0 Å². The number of halogens is 1. The number of nitrogens with zero attached hydrogens (tertiary/aromatic N) is 2. The molecule has 82 valence electrons. The van der Waals surface area contributed by atoms with Crippen molar-refractivity contribution in [1.29, 1.82) is 0 Å². The second-order valence-corrected chi connectivity index (χ2v) is 4.59. The molecule has 0 spiro atoms. The topological polar surface area (TPSA) is 25.4 Å². The van der Waals surface area contributed by atoms with Gasteiger partial charge < -0.3 is 9.64 Å². The summed E-state index contributed by atoms with van der Waals surface area (Å²) in [5.41, 5.74) is 0. The van der Waals surface area contributed by atoms with Crippen molar-refractivity contribution in [1.82, 2.24) is 4.98 Å². The van der Waals surface area contributed by atoms with Gasteiger partial charge >= 0.3 is 0 Å². The van der Waals surface area contributed by atoms with E-state index >= 15 is 0 Å². The summed E-state index contributed by atoms with van der Waals surface area (Å²) in [6, 6.07) is 6.56. The highest BCUT2D eigenvalue weighted by atomic mass is 79.9. The minimum absolute atomic E-state index is 0.556. The van der Waals surface area contributed by atoms with Crippen LogP contribution in [0.1, 0.15) is 12.8 Å². The third-order valence-electron chi connectivity index (χ3n) is 2.80.